The number of nitrogens with one attached hydrogen (secondary N) is 1. The minimum absolute atomic E-state index is 0.0712. The van der Waals surface area contributed by atoms with E-state index in [-0.39, 0.29) is 11.8 Å². The number of rotatable bonds is 0. The predicted octanol–water partition coefficient (Wildman–Crippen LogP) is 0.684. The average molecular weight is 150 g/mol. The molecule has 1 aliphatic carbocycles. The largest absolute Gasteiger partial charge is 0.273 e. The van der Waals surface area contributed by atoms with E-state index in [1.165, 1.54) is 0 Å². The standard InChI is InChI=1S/C8H10N2O/c11-8-7-4-2-1-3-6(7)5-9-10-8/h1-2,5-7H,3-4H2,(H,10,11). The van der Waals surface area contributed by atoms with E-state index in [0.717, 1.165) is 12.8 Å². The minimum Gasteiger partial charge on any atom is -0.273 e. The van der Waals surface area contributed by atoms with Gasteiger partial charge in [0.25, 0.3) is 0 Å². The molecule has 0 fully saturated rings. The monoisotopic (exact) mass is 150 g/mol. The Bertz CT molecular complexity index is 232. The van der Waals surface area contributed by atoms with E-state index in [0.29, 0.717) is 5.92 Å². The van der Waals surface area contributed by atoms with Crippen molar-refractivity contribution in [2.24, 2.45) is 16.9 Å². The van der Waals surface area contributed by atoms with Crippen LogP contribution < -0.4 is 5.43 Å². The van der Waals surface area contributed by atoms with Crippen molar-refractivity contribution in [1.29, 1.82) is 0 Å². The third-order valence-electron chi connectivity index (χ3n) is 2.26. The number of hydrogen-bond acceptors (Lipinski definition) is 2. The second kappa shape index (κ2) is 2.49. The lowest BCUT2D eigenvalue weighted by atomic mass is 9.83. The summed E-state index contributed by atoms with van der Waals surface area (Å²) in [5.74, 6) is 0.549. The third-order valence-corrected chi connectivity index (χ3v) is 2.26. The van der Waals surface area contributed by atoms with Crippen molar-refractivity contribution >= 4 is 12.1 Å². The van der Waals surface area contributed by atoms with Gasteiger partial charge in [0.05, 0.1) is 5.92 Å². The summed E-state index contributed by atoms with van der Waals surface area (Å²) >= 11 is 0. The van der Waals surface area contributed by atoms with Crippen LogP contribution in [0, 0.1) is 11.8 Å². The average Bonchev–Trinajstić information content (AvgIpc) is 2.06. The molecule has 0 saturated heterocycles. The summed E-state index contributed by atoms with van der Waals surface area (Å²) in [6.45, 7) is 0. The van der Waals surface area contributed by atoms with E-state index in [4.69, 9.17) is 0 Å². The van der Waals surface area contributed by atoms with Crippen molar-refractivity contribution in [3.8, 4) is 0 Å². The molecule has 2 unspecified atom stereocenters. The van der Waals surface area contributed by atoms with Crippen molar-refractivity contribution < 1.29 is 4.79 Å². The van der Waals surface area contributed by atoms with Crippen LogP contribution in [0.3, 0.4) is 0 Å². The summed E-state index contributed by atoms with van der Waals surface area (Å²) in [6.07, 6.45) is 7.85. The number of amides is 1. The van der Waals surface area contributed by atoms with Crippen molar-refractivity contribution in [2.75, 3.05) is 0 Å². The molecule has 58 valence electrons. The van der Waals surface area contributed by atoms with Gasteiger partial charge in [-0.15, -0.1) is 0 Å². The molecule has 2 atom stereocenters. The summed E-state index contributed by atoms with van der Waals surface area (Å²) in [5, 5.41) is 3.78. The smallest absolute Gasteiger partial charge is 0.244 e. The normalized spacial score (nSPS) is 34.7. The third kappa shape index (κ3) is 1.06. The molecule has 1 heterocycles. The molecule has 0 radical (unpaired) electrons. The topological polar surface area (TPSA) is 41.5 Å². The number of nitrogens with zero attached hydrogens (tertiary/aromatic N) is 1. The Balaban J connectivity index is 2.23. The van der Waals surface area contributed by atoms with Gasteiger partial charge >= 0.3 is 0 Å². The van der Waals surface area contributed by atoms with Crippen molar-refractivity contribution in [2.45, 2.75) is 12.8 Å². The summed E-state index contributed by atoms with van der Waals surface area (Å²) in [7, 11) is 0. The first-order valence-electron chi connectivity index (χ1n) is 3.86. The number of carbonyl (C=O) groups excluding carboxylic acids is 1. The predicted molar refractivity (Wildman–Crippen MR) is 42.0 cm³/mol. The lowest BCUT2D eigenvalue weighted by molar-refractivity contribution is -0.126. The number of allylic oxidation sites excluding steroid dienone is 2. The molecule has 3 heteroatoms. The molecule has 0 aromatic heterocycles. The van der Waals surface area contributed by atoms with E-state index in [1.807, 2.05) is 6.21 Å². The molecule has 0 aromatic rings. The van der Waals surface area contributed by atoms with Crippen LogP contribution in [0.4, 0.5) is 0 Å². The van der Waals surface area contributed by atoms with Crippen LogP contribution in [0.15, 0.2) is 17.3 Å². The molecule has 2 rings (SSSR count). The zero-order chi connectivity index (χ0) is 7.68. The van der Waals surface area contributed by atoms with E-state index in [1.54, 1.807) is 0 Å². The second-order valence-electron chi connectivity index (χ2n) is 2.97. The molecule has 0 bridgehead atoms. The van der Waals surface area contributed by atoms with Crippen LogP contribution in [-0.4, -0.2) is 12.1 Å². The van der Waals surface area contributed by atoms with Gasteiger partial charge in [-0.05, 0) is 12.8 Å². The van der Waals surface area contributed by atoms with Crippen LogP contribution in [0.25, 0.3) is 0 Å². The van der Waals surface area contributed by atoms with Gasteiger partial charge in [0.15, 0.2) is 0 Å². The van der Waals surface area contributed by atoms with Crippen LogP contribution in [0.5, 0.6) is 0 Å². The molecule has 2 aliphatic rings. The molecular formula is C8H10N2O. The number of carbonyl (C=O) groups is 1. The van der Waals surface area contributed by atoms with Crippen LogP contribution in [-0.2, 0) is 4.79 Å². The number of fused-ring (bicyclic) bond motifs is 1. The Morgan fingerprint density at radius 1 is 1.45 bits per heavy atom. The molecule has 11 heavy (non-hydrogen) atoms. The van der Waals surface area contributed by atoms with Crippen molar-refractivity contribution in [1.82, 2.24) is 5.43 Å². The van der Waals surface area contributed by atoms with E-state index in [2.05, 4.69) is 22.7 Å². The van der Waals surface area contributed by atoms with Gasteiger partial charge in [-0.3, -0.25) is 4.79 Å². The van der Waals surface area contributed by atoms with E-state index >= 15 is 0 Å². The van der Waals surface area contributed by atoms with Gasteiger partial charge in [0.1, 0.15) is 0 Å². The molecular weight excluding hydrogens is 140 g/mol. The van der Waals surface area contributed by atoms with Crippen LogP contribution >= 0.6 is 0 Å². The fourth-order valence-electron chi connectivity index (χ4n) is 1.58. The summed E-state index contributed by atoms with van der Waals surface area (Å²) in [6, 6.07) is 0. The van der Waals surface area contributed by atoms with Gasteiger partial charge in [-0.1, -0.05) is 12.2 Å². The molecule has 0 aromatic carbocycles. The molecule has 1 N–H and O–H groups in total. The highest BCUT2D eigenvalue weighted by atomic mass is 16.2. The molecule has 1 amide bonds. The van der Waals surface area contributed by atoms with Gasteiger partial charge in [0, 0.05) is 12.1 Å². The Hall–Kier alpha value is -1.12. The highest BCUT2D eigenvalue weighted by molar-refractivity contribution is 5.86. The quantitative estimate of drug-likeness (QED) is 0.507. The molecule has 0 saturated carbocycles. The maximum atomic E-state index is 11.2. The van der Waals surface area contributed by atoms with Gasteiger partial charge in [-0.2, -0.15) is 5.10 Å². The number of hydrazone groups is 1. The first-order chi connectivity index (χ1) is 5.38. The number of hydrogen-bond donors (Lipinski definition) is 1. The van der Waals surface area contributed by atoms with E-state index in [9.17, 15) is 4.79 Å². The first-order valence-corrected chi connectivity index (χ1v) is 3.86. The van der Waals surface area contributed by atoms with Crippen LogP contribution in [0.1, 0.15) is 12.8 Å². The fraction of sp³-hybridized carbons (Fsp3) is 0.500. The summed E-state index contributed by atoms with van der Waals surface area (Å²) < 4.78 is 0. The second-order valence-corrected chi connectivity index (χ2v) is 2.97. The van der Waals surface area contributed by atoms with Gasteiger partial charge in [-0.25, -0.2) is 5.43 Å². The highest BCUT2D eigenvalue weighted by Crippen LogP contribution is 2.25. The molecule has 0 spiro atoms. The lowest BCUT2D eigenvalue weighted by Gasteiger charge is -2.26. The maximum Gasteiger partial charge on any atom is 0.244 e. The van der Waals surface area contributed by atoms with Gasteiger partial charge in [0.2, 0.25) is 5.91 Å². The lowest BCUT2D eigenvalue weighted by Crippen LogP contribution is -2.38. The minimum atomic E-state index is 0.0712. The van der Waals surface area contributed by atoms with Gasteiger partial charge < -0.3 is 0 Å². The molecule has 3 nitrogen and oxygen atoms in total. The SMILES string of the molecule is O=C1NN=CC2CC=CCC12. The summed E-state index contributed by atoms with van der Waals surface area (Å²) in [4.78, 5) is 11.2. The van der Waals surface area contributed by atoms with E-state index < -0.39 is 0 Å². The van der Waals surface area contributed by atoms with Crippen molar-refractivity contribution in [3.05, 3.63) is 12.2 Å². The Kier molecular flexibility index (Phi) is 1.49. The highest BCUT2D eigenvalue weighted by Gasteiger charge is 2.29. The Morgan fingerprint density at radius 3 is 3.09 bits per heavy atom. The first kappa shape index (κ1) is 6.58. The zero-order valence-corrected chi connectivity index (χ0v) is 6.16. The fourth-order valence-corrected chi connectivity index (χ4v) is 1.58. The Labute approximate surface area is 65.2 Å². The van der Waals surface area contributed by atoms with Crippen molar-refractivity contribution in [3.63, 3.8) is 0 Å². The molecule has 1 aliphatic heterocycles. The van der Waals surface area contributed by atoms with Crippen LogP contribution in [0.2, 0.25) is 0 Å². The zero-order valence-electron chi connectivity index (χ0n) is 6.16. The summed E-state index contributed by atoms with van der Waals surface area (Å²) in [5.41, 5.74) is 2.48. The Morgan fingerprint density at radius 2 is 2.27 bits per heavy atom. The maximum absolute atomic E-state index is 11.2.